The predicted molar refractivity (Wildman–Crippen MR) is 60.5 cm³/mol. The van der Waals surface area contributed by atoms with Crippen molar-refractivity contribution >= 4 is 11.9 Å². The number of piperidine rings is 1. The van der Waals surface area contributed by atoms with Crippen LogP contribution in [0.2, 0.25) is 0 Å². The van der Waals surface area contributed by atoms with Crippen LogP contribution in [0.5, 0.6) is 0 Å². The van der Waals surface area contributed by atoms with Gasteiger partial charge in [-0.2, -0.15) is 0 Å². The van der Waals surface area contributed by atoms with Crippen molar-refractivity contribution in [2.45, 2.75) is 13.3 Å². The second-order valence-corrected chi connectivity index (χ2v) is 4.41. The summed E-state index contributed by atoms with van der Waals surface area (Å²) in [7, 11) is 0. The predicted octanol–water partition coefficient (Wildman–Crippen LogP) is -0.902. The molecule has 6 heteroatoms. The quantitative estimate of drug-likeness (QED) is 0.582. The Morgan fingerprint density at radius 2 is 2.19 bits per heavy atom. The minimum atomic E-state index is -0.796. The van der Waals surface area contributed by atoms with Crippen molar-refractivity contribution in [2.24, 2.45) is 23.3 Å². The fourth-order valence-corrected chi connectivity index (χ4v) is 2.15. The van der Waals surface area contributed by atoms with Crippen LogP contribution in [0.15, 0.2) is 0 Å². The van der Waals surface area contributed by atoms with Crippen molar-refractivity contribution in [1.82, 2.24) is 10.2 Å². The summed E-state index contributed by atoms with van der Waals surface area (Å²) in [6.45, 7) is 4.75. The summed E-state index contributed by atoms with van der Waals surface area (Å²) < 4.78 is 0. The lowest BCUT2D eigenvalue weighted by molar-refractivity contribution is -0.121. The monoisotopic (exact) mass is 228 g/mol. The van der Waals surface area contributed by atoms with Gasteiger partial charge in [0.25, 0.3) is 0 Å². The topological polar surface area (TPSA) is 101 Å². The Hall–Kier alpha value is -1.14. The van der Waals surface area contributed by atoms with Crippen molar-refractivity contribution in [3.63, 3.8) is 0 Å². The molecule has 1 saturated heterocycles. The molecule has 2 atom stereocenters. The largest absolute Gasteiger partial charge is 0.351 e. The third-order valence-corrected chi connectivity index (χ3v) is 3.10. The van der Waals surface area contributed by atoms with Crippen LogP contribution in [-0.2, 0) is 4.79 Å². The normalized spacial score (nSPS) is 26.4. The molecule has 1 fully saturated rings. The summed E-state index contributed by atoms with van der Waals surface area (Å²) in [6.07, 6.45) is 1.00. The molecule has 0 aliphatic carbocycles. The Bertz CT molecular complexity index is 270. The molecule has 1 aliphatic rings. The number of amides is 3. The van der Waals surface area contributed by atoms with Gasteiger partial charge in [0.15, 0.2) is 0 Å². The summed E-state index contributed by atoms with van der Waals surface area (Å²) >= 11 is 0. The van der Waals surface area contributed by atoms with E-state index in [1.807, 2.05) is 4.90 Å². The van der Waals surface area contributed by atoms with Gasteiger partial charge in [0.2, 0.25) is 5.91 Å². The number of nitrogens with zero attached hydrogens (tertiary/aromatic N) is 1. The van der Waals surface area contributed by atoms with E-state index in [1.165, 1.54) is 0 Å². The first kappa shape index (κ1) is 12.9. The van der Waals surface area contributed by atoms with E-state index in [1.54, 1.807) is 0 Å². The summed E-state index contributed by atoms with van der Waals surface area (Å²) in [5.41, 5.74) is 10.5. The van der Waals surface area contributed by atoms with Gasteiger partial charge in [0.05, 0.1) is 6.54 Å². The Morgan fingerprint density at radius 3 is 2.69 bits per heavy atom. The first-order chi connectivity index (χ1) is 7.52. The molecule has 3 amide bonds. The summed E-state index contributed by atoms with van der Waals surface area (Å²) in [6, 6.07) is -0.796. The molecule has 16 heavy (non-hydrogen) atoms. The molecular formula is C10H20N4O2. The number of nitrogens with two attached hydrogens (primary N) is 2. The molecule has 1 aliphatic heterocycles. The lowest BCUT2D eigenvalue weighted by atomic mass is 9.87. The molecule has 0 bridgehead atoms. The fraction of sp³-hybridized carbons (Fsp3) is 0.800. The third-order valence-electron chi connectivity index (χ3n) is 3.10. The van der Waals surface area contributed by atoms with Crippen molar-refractivity contribution in [1.29, 1.82) is 0 Å². The van der Waals surface area contributed by atoms with E-state index >= 15 is 0 Å². The first-order valence-corrected chi connectivity index (χ1v) is 5.54. The smallest absolute Gasteiger partial charge is 0.318 e. The summed E-state index contributed by atoms with van der Waals surface area (Å²) in [4.78, 5) is 23.8. The van der Waals surface area contributed by atoms with Gasteiger partial charge in [-0.1, -0.05) is 6.92 Å². The lowest BCUT2D eigenvalue weighted by Crippen LogP contribution is -2.47. The number of rotatable bonds is 3. The van der Waals surface area contributed by atoms with Gasteiger partial charge in [-0.15, -0.1) is 0 Å². The standard InChI is InChI=1S/C10H20N4O2/c1-7-5-14(3-2-8(7)4-11)6-9(15)13-10(12)16/h7-8H,2-6,11H2,1H3,(H3,12,13,15,16). The molecule has 1 heterocycles. The Morgan fingerprint density at radius 1 is 1.50 bits per heavy atom. The number of hydrogen-bond acceptors (Lipinski definition) is 4. The number of carbonyl (C=O) groups excluding carboxylic acids is 2. The SMILES string of the molecule is CC1CN(CC(=O)NC(N)=O)CCC1CN. The molecule has 0 aromatic carbocycles. The molecule has 92 valence electrons. The van der Waals surface area contributed by atoms with Gasteiger partial charge in [-0.05, 0) is 31.3 Å². The van der Waals surface area contributed by atoms with Crippen molar-refractivity contribution in [2.75, 3.05) is 26.2 Å². The first-order valence-electron chi connectivity index (χ1n) is 5.54. The second kappa shape index (κ2) is 5.81. The van der Waals surface area contributed by atoms with Crippen molar-refractivity contribution in [3.8, 4) is 0 Å². The maximum atomic E-state index is 11.3. The number of imide groups is 1. The molecule has 0 radical (unpaired) electrons. The second-order valence-electron chi connectivity index (χ2n) is 4.41. The zero-order valence-corrected chi connectivity index (χ0v) is 9.61. The zero-order chi connectivity index (χ0) is 12.1. The fourth-order valence-electron chi connectivity index (χ4n) is 2.15. The lowest BCUT2D eigenvalue weighted by Gasteiger charge is -2.35. The highest BCUT2D eigenvalue weighted by Gasteiger charge is 2.25. The van der Waals surface area contributed by atoms with Crippen molar-refractivity contribution in [3.05, 3.63) is 0 Å². The van der Waals surface area contributed by atoms with E-state index in [4.69, 9.17) is 11.5 Å². The van der Waals surface area contributed by atoms with Gasteiger partial charge in [0.1, 0.15) is 0 Å². The molecular weight excluding hydrogens is 208 g/mol. The molecule has 6 nitrogen and oxygen atoms in total. The highest BCUT2D eigenvalue weighted by atomic mass is 16.2. The summed E-state index contributed by atoms with van der Waals surface area (Å²) in [5.74, 6) is 0.682. The van der Waals surface area contributed by atoms with E-state index in [0.29, 0.717) is 18.4 Å². The van der Waals surface area contributed by atoms with Gasteiger partial charge in [0, 0.05) is 6.54 Å². The minimum absolute atomic E-state index is 0.227. The number of hydrogen-bond donors (Lipinski definition) is 3. The van der Waals surface area contributed by atoms with Gasteiger partial charge < -0.3 is 11.5 Å². The van der Waals surface area contributed by atoms with E-state index in [-0.39, 0.29) is 12.5 Å². The van der Waals surface area contributed by atoms with Crippen LogP contribution in [0.1, 0.15) is 13.3 Å². The Labute approximate surface area is 95.3 Å². The number of likely N-dealkylation sites (tertiary alicyclic amines) is 1. The minimum Gasteiger partial charge on any atom is -0.351 e. The molecule has 5 N–H and O–H groups in total. The maximum absolute atomic E-state index is 11.3. The number of urea groups is 1. The molecule has 0 spiro atoms. The molecule has 0 aromatic rings. The van der Waals surface area contributed by atoms with Crippen LogP contribution in [0.3, 0.4) is 0 Å². The van der Waals surface area contributed by atoms with E-state index in [2.05, 4.69) is 12.2 Å². The van der Waals surface area contributed by atoms with Crippen molar-refractivity contribution < 1.29 is 9.59 Å². The average molecular weight is 228 g/mol. The van der Waals surface area contributed by atoms with Gasteiger partial charge in [-0.3, -0.25) is 15.0 Å². The van der Waals surface area contributed by atoms with E-state index < -0.39 is 6.03 Å². The molecule has 0 saturated carbocycles. The third kappa shape index (κ3) is 3.79. The zero-order valence-electron chi connectivity index (χ0n) is 9.61. The highest BCUT2D eigenvalue weighted by molar-refractivity contribution is 5.94. The van der Waals surface area contributed by atoms with Crippen LogP contribution in [0.25, 0.3) is 0 Å². The van der Waals surface area contributed by atoms with E-state index in [0.717, 1.165) is 19.5 Å². The maximum Gasteiger partial charge on any atom is 0.318 e. The summed E-state index contributed by atoms with van der Waals surface area (Å²) in [5, 5.41) is 2.06. The number of carbonyl (C=O) groups is 2. The highest BCUT2D eigenvalue weighted by Crippen LogP contribution is 2.21. The van der Waals surface area contributed by atoms with E-state index in [9.17, 15) is 9.59 Å². The average Bonchev–Trinajstić information content (AvgIpc) is 2.16. The van der Waals surface area contributed by atoms with Gasteiger partial charge >= 0.3 is 6.03 Å². The molecule has 0 aromatic heterocycles. The number of primary amides is 1. The Balaban J connectivity index is 2.35. The Kier molecular flexibility index (Phi) is 4.70. The van der Waals surface area contributed by atoms with Crippen LogP contribution in [-0.4, -0.2) is 43.0 Å². The van der Waals surface area contributed by atoms with Crippen LogP contribution in [0, 0.1) is 11.8 Å². The van der Waals surface area contributed by atoms with Crippen LogP contribution in [0.4, 0.5) is 4.79 Å². The van der Waals surface area contributed by atoms with Crippen LogP contribution >= 0.6 is 0 Å². The number of nitrogens with one attached hydrogen (secondary N) is 1. The van der Waals surface area contributed by atoms with Crippen LogP contribution < -0.4 is 16.8 Å². The molecule has 2 unspecified atom stereocenters. The van der Waals surface area contributed by atoms with Gasteiger partial charge in [-0.25, -0.2) is 4.79 Å². The molecule has 1 rings (SSSR count).